The zero-order valence-electron chi connectivity index (χ0n) is 17.3. The highest BCUT2D eigenvalue weighted by Crippen LogP contribution is 2.33. The Morgan fingerprint density at radius 2 is 2.13 bits per heavy atom. The lowest BCUT2D eigenvalue weighted by molar-refractivity contribution is 0.0668. The minimum Gasteiger partial charge on any atom is -0.501 e. The van der Waals surface area contributed by atoms with Crippen molar-refractivity contribution in [3.63, 3.8) is 0 Å². The van der Waals surface area contributed by atoms with Gasteiger partial charge in [0.05, 0.1) is 31.2 Å². The van der Waals surface area contributed by atoms with Crippen molar-refractivity contribution in [3.8, 4) is 11.8 Å². The first-order chi connectivity index (χ1) is 14.5. The van der Waals surface area contributed by atoms with Crippen LogP contribution in [0, 0.1) is 11.3 Å². The fourth-order valence-electron chi connectivity index (χ4n) is 3.48. The van der Waals surface area contributed by atoms with Crippen molar-refractivity contribution < 1.29 is 14.3 Å². The van der Waals surface area contributed by atoms with Gasteiger partial charge in [-0.05, 0) is 56.5 Å². The molecule has 30 heavy (non-hydrogen) atoms. The van der Waals surface area contributed by atoms with Crippen molar-refractivity contribution in [1.82, 2.24) is 9.88 Å². The summed E-state index contributed by atoms with van der Waals surface area (Å²) in [7, 11) is 0. The minimum atomic E-state index is -0.251. The van der Waals surface area contributed by atoms with Gasteiger partial charge in [0.15, 0.2) is 0 Å². The van der Waals surface area contributed by atoms with Gasteiger partial charge in [-0.15, -0.1) is 0 Å². The Hall–Kier alpha value is -2.85. The molecule has 156 valence electrons. The highest BCUT2D eigenvalue weighted by molar-refractivity contribution is 9.10. The Kier molecular flexibility index (Phi) is 7.11. The number of hydrogen-bond acceptors (Lipinski definition) is 5. The summed E-state index contributed by atoms with van der Waals surface area (Å²) >= 11 is 3.61. The van der Waals surface area contributed by atoms with E-state index in [0.717, 1.165) is 22.0 Å². The summed E-state index contributed by atoms with van der Waals surface area (Å²) < 4.78 is 11.8. The van der Waals surface area contributed by atoms with Crippen molar-refractivity contribution in [2.24, 2.45) is 0 Å². The third-order valence-corrected chi connectivity index (χ3v) is 5.75. The van der Waals surface area contributed by atoms with Gasteiger partial charge in [0.2, 0.25) is 0 Å². The van der Waals surface area contributed by atoms with Gasteiger partial charge >= 0.3 is 0 Å². The molecule has 7 heteroatoms. The summed E-state index contributed by atoms with van der Waals surface area (Å²) in [6.45, 7) is 7.37. The number of amides is 1. The molecule has 0 fully saturated rings. The molecule has 1 aliphatic rings. The van der Waals surface area contributed by atoms with Gasteiger partial charge in [-0.3, -0.25) is 9.78 Å². The van der Waals surface area contributed by atoms with Crippen molar-refractivity contribution >= 4 is 27.9 Å². The number of nitrogens with zero attached hydrogens (tertiary/aromatic N) is 3. The van der Waals surface area contributed by atoms with E-state index in [1.165, 1.54) is 6.20 Å². The van der Waals surface area contributed by atoms with Gasteiger partial charge in [-0.1, -0.05) is 15.9 Å². The van der Waals surface area contributed by atoms with Gasteiger partial charge in [0.25, 0.3) is 5.91 Å². The van der Waals surface area contributed by atoms with Crippen LogP contribution < -0.4 is 4.74 Å². The Labute approximate surface area is 185 Å². The van der Waals surface area contributed by atoms with Gasteiger partial charge in [0.1, 0.15) is 17.4 Å². The van der Waals surface area contributed by atoms with Crippen LogP contribution in [0.5, 0.6) is 5.75 Å². The molecule has 0 radical (unpaired) electrons. The molecule has 1 atom stereocenters. The molecule has 0 saturated carbocycles. The maximum absolute atomic E-state index is 13.3. The average molecular weight is 470 g/mol. The molecule has 3 rings (SSSR count). The van der Waals surface area contributed by atoms with Crippen LogP contribution >= 0.6 is 15.9 Å². The molecule has 1 amide bonds. The molecule has 0 bridgehead atoms. The quantitative estimate of drug-likeness (QED) is 0.540. The fourth-order valence-corrected chi connectivity index (χ4v) is 4.15. The third kappa shape index (κ3) is 4.49. The molecule has 0 aliphatic carbocycles. The van der Waals surface area contributed by atoms with Crippen LogP contribution in [-0.4, -0.2) is 35.5 Å². The molecule has 2 aromatic rings. The lowest BCUT2D eigenvalue weighted by Gasteiger charge is -2.34. The van der Waals surface area contributed by atoms with Gasteiger partial charge in [0, 0.05) is 28.8 Å². The van der Waals surface area contributed by atoms with Crippen LogP contribution in [0.15, 0.2) is 35.1 Å². The first-order valence-corrected chi connectivity index (χ1v) is 10.7. The number of hydrogen-bond donors (Lipinski definition) is 0. The van der Waals surface area contributed by atoms with Crippen LogP contribution in [-0.2, 0) is 11.2 Å². The Balaban J connectivity index is 1.91. The Morgan fingerprint density at radius 3 is 2.83 bits per heavy atom. The zero-order valence-corrected chi connectivity index (χ0v) is 18.9. The van der Waals surface area contributed by atoms with E-state index in [9.17, 15) is 10.1 Å². The van der Waals surface area contributed by atoms with Gasteiger partial charge in [-0.2, -0.15) is 5.26 Å². The molecule has 2 heterocycles. The second kappa shape index (κ2) is 9.77. The topological polar surface area (TPSA) is 75.4 Å². The summed E-state index contributed by atoms with van der Waals surface area (Å²) in [5.41, 5.74) is 3.67. The number of fused-ring (bicyclic) bond motifs is 1. The van der Waals surface area contributed by atoms with E-state index in [1.807, 2.05) is 43.9 Å². The molecule has 1 aromatic heterocycles. The number of aromatic nitrogens is 1. The van der Waals surface area contributed by atoms with Crippen LogP contribution in [0.2, 0.25) is 0 Å². The molecule has 0 saturated heterocycles. The monoisotopic (exact) mass is 469 g/mol. The molecule has 0 spiro atoms. The number of nitriles is 1. The smallest absolute Gasteiger partial charge is 0.254 e. The number of rotatable bonds is 7. The highest BCUT2D eigenvalue weighted by atomic mass is 79.9. The average Bonchev–Trinajstić information content (AvgIpc) is 2.74. The lowest BCUT2D eigenvalue weighted by Crippen LogP contribution is -2.39. The number of carbonyl (C=O) groups excluding carboxylic acids is 1. The zero-order chi connectivity index (χ0) is 21.7. The highest BCUT2D eigenvalue weighted by Gasteiger charge is 2.31. The molecule has 1 aromatic carbocycles. The van der Waals surface area contributed by atoms with Gasteiger partial charge < -0.3 is 14.4 Å². The number of benzene rings is 1. The number of pyridine rings is 1. The molecule has 1 unspecified atom stereocenters. The van der Waals surface area contributed by atoms with Crippen LogP contribution in [0.25, 0.3) is 6.08 Å². The Morgan fingerprint density at radius 1 is 1.33 bits per heavy atom. The van der Waals surface area contributed by atoms with E-state index in [2.05, 4.69) is 27.0 Å². The normalized spacial score (nSPS) is 14.4. The second-order valence-electron chi connectivity index (χ2n) is 6.86. The molecular formula is C23H24BrN3O3. The predicted molar refractivity (Wildman–Crippen MR) is 118 cm³/mol. The van der Waals surface area contributed by atoms with Crippen molar-refractivity contribution in [2.45, 2.75) is 33.2 Å². The number of ether oxygens (including phenoxy) is 2. The van der Waals surface area contributed by atoms with Crippen molar-refractivity contribution in [2.75, 3.05) is 19.8 Å². The molecule has 1 aliphatic heterocycles. The summed E-state index contributed by atoms with van der Waals surface area (Å²) in [5.74, 6) is 0.452. The van der Waals surface area contributed by atoms with Crippen LogP contribution in [0.3, 0.4) is 0 Å². The van der Waals surface area contributed by atoms with Crippen molar-refractivity contribution in [1.29, 1.82) is 5.26 Å². The standard InChI is InChI=1S/C23H24BrN3O3/c1-4-29-9-7-16-10-19-18(20(24)11-16)6-8-27(23(19)28)15(3)21-12-22(30-5-2)17(13-25)14-26-21/h7,9-12,14-15H,4-6,8H2,1-3H3. The van der Waals surface area contributed by atoms with E-state index in [4.69, 9.17) is 9.47 Å². The largest absolute Gasteiger partial charge is 0.501 e. The van der Waals surface area contributed by atoms with Crippen molar-refractivity contribution in [3.05, 3.63) is 63.1 Å². The first kappa shape index (κ1) is 21.8. The Bertz CT molecular complexity index is 1010. The van der Waals surface area contributed by atoms with Gasteiger partial charge in [-0.25, -0.2) is 0 Å². The van der Waals surface area contributed by atoms with Crippen LogP contribution in [0.4, 0.5) is 0 Å². The minimum absolute atomic E-state index is 0.0415. The fraction of sp³-hybridized carbons (Fsp3) is 0.348. The summed E-state index contributed by atoms with van der Waals surface area (Å²) in [6.07, 6.45) is 5.74. The summed E-state index contributed by atoms with van der Waals surface area (Å²) in [5, 5.41) is 9.25. The third-order valence-electron chi connectivity index (χ3n) is 5.04. The SMILES string of the molecule is CCOC=Cc1cc(Br)c2c(c1)C(=O)N(C(C)c1cc(OCC)c(C#N)cn1)CC2. The van der Waals surface area contributed by atoms with E-state index < -0.39 is 0 Å². The summed E-state index contributed by atoms with van der Waals surface area (Å²) in [4.78, 5) is 19.6. The predicted octanol–water partition coefficient (Wildman–Crippen LogP) is 4.88. The molecule has 6 nitrogen and oxygen atoms in total. The lowest BCUT2D eigenvalue weighted by atomic mass is 9.95. The molecule has 0 N–H and O–H groups in total. The van der Waals surface area contributed by atoms with Crippen LogP contribution in [0.1, 0.15) is 59.6 Å². The van der Waals surface area contributed by atoms with E-state index in [-0.39, 0.29) is 11.9 Å². The van der Waals surface area contributed by atoms with E-state index >= 15 is 0 Å². The first-order valence-electron chi connectivity index (χ1n) is 9.94. The molecular weight excluding hydrogens is 446 g/mol. The summed E-state index contributed by atoms with van der Waals surface area (Å²) in [6, 6.07) is 7.49. The van der Waals surface area contributed by atoms with E-state index in [0.29, 0.717) is 42.3 Å². The second-order valence-corrected chi connectivity index (χ2v) is 7.72. The maximum Gasteiger partial charge on any atom is 0.254 e. The maximum atomic E-state index is 13.3. The number of carbonyl (C=O) groups is 1. The van der Waals surface area contributed by atoms with E-state index in [1.54, 1.807) is 12.3 Å². The number of halogens is 1.